The van der Waals surface area contributed by atoms with Crippen molar-refractivity contribution in [2.45, 2.75) is 133 Å². The van der Waals surface area contributed by atoms with E-state index in [9.17, 15) is 47.9 Å². The van der Waals surface area contributed by atoms with Crippen LogP contribution in [0.15, 0.2) is 89.9 Å². The first-order valence-electron chi connectivity index (χ1n) is 26.3. The van der Waals surface area contributed by atoms with E-state index in [2.05, 4.69) is 36.9 Å². The van der Waals surface area contributed by atoms with Crippen LogP contribution in [-0.2, 0) is 67.2 Å². The monoisotopic (exact) mass is 1100 g/mol. The molecule has 0 unspecified atom stereocenters. The minimum absolute atomic E-state index is 0.000150. The zero-order valence-electron chi connectivity index (χ0n) is 44.5. The van der Waals surface area contributed by atoms with Crippen molar-refractivity contribution >= 4 is 65.0 Å². The Morgan fingerprint density at radius 1 is 0.595 bits per heavy atom. The van der Waals surface area contributed by atoms with Crippen molar-refractivity contribution in [3.63, 3.8) is 0 Å². The standard InChI is InChI=1S/C54H76N14O11/c1-2-79-36-22-20-35(21-23-36)30-40(62-46(71)31-34-15-7-4-8-16-34)49(74)66-41(29-33-13-5-3-6-14-33)50(75)64-38(24-25-44(56)69)48(73)67-42(32-45(57)70)51(76)65-39(17-9-10-26-55)53(78)68-28-12-19-43(68)52(77)63-37(47(58)72)18-11-27-61-54(59)60/h3-8,13-16,20-23,37-43H,2,9-12,17-19,24-32,55H2,1H3,(H2,56,69)(H2,57,70)(H2,58,72)(H,62,71)(H,63,77)(H,64,75)(H,65,76)(H,66,74)(H,67,73)(H4,59,60,61)/t37-,38-,39-,40+,41-,42-,43-/m0/s1. The largest absolute Gasteiger partial charge is 0.494 e. The number of carbonyl (C=O) groups is 10. The van der Waals surface area contributed by atoms with E-state index < -0.39 is 121 Å². The molecule has 3 aromatic rings. The highest BCUT2D eigenvalue weighted by atomic mass is 16.5. The number of nitrogens with two attached hydrogens (primary N) is 6. The Morgan fingerprint density at radius 3 is 1.72 bits per heavy atom. The van der Waals surface area contributed by atoms with Crippen molar-refractivity contribution in [2.24, 2.45) is 39.4 Å². The Balaban J connectivity index is 1.58. The number of unbranched alkanes of at least 4 members (excludes halogenated alkanes) is 1. The Morgan fingerprint density at radius 2 is 1.14 bits per heavy atom. The highest BCUT2D eigenvalue weighted by molar-refractivity contribution is 5.99. The topological polar surface area (TPSA) is 424 Å². The van der Waals surface area contributed by atoms with Gasteiger partial charge in [-0.05, 0) is 93.7 Å². The molecule has 1 aliphatic rings. The van der Waals surface area contributed by atoms with Crippen LogP contribution in [0.3, 0.4) is 0 Å². The summed E-state index contributed by atoms with van der Waals surface area (Å²) in [4.78, 5) is 141. The first-order chi connectivity index (χ1) is 37.8. The Hall–Kier alpha value is -8.61. The number of ether oxygens (including phenoxy) is 1. The number of likely N-dealkylation sites (tertiary alicyclic amines) is 1. The van der Waals surface area contributed by atoms with Crippen LogP contribution < -0.4 is 71.0 Å². The average Bonchev–Trinajstić information content (AvgIpc) is 3.92. The van der Waals surface area contributed by atoms with Crippen LogP contribution in [0.1, 0.15) is 87.8 Å². The van der Waals surface area contributed by atoms with Crippen LogP contribution in [0.4, 0.5) is 0 Å². The van der Waals surface area contributed by atoms with Crippen molar-refractivity contribution < 1.29 is 52.7 Å². The van der Waals surface area contributed by atoms with Gasteiger partial charge in [0.05, 0.1) is 19.4 Å². The van der Waals surface area contributed by atoms with Crippen LogP contribution in [0, 0.1) is 0 Å². The molecule has 0 aliphatic carbocycles. The minimum Gasteiger partial charge on any atom is -0.494 e. The SMILES string of the molecule is CCOc1ccc(C[C@@H](NC(=O)Cc2ccccc2)C(=O)N[C@@H](Cc2ccccc2)C(=O)N[C@@H](CCC(N)=O)C(=O)N[C@@H](CC(N)=O)C(=O)N[C@@H](CCCCN)C(=O)N2CCC[C@H]2C(=O)N[C@@H](CCCN=C(N)N)C(N)=O)cc1. The van der Waals surface area contributed by atoms with Gasteiger partial charge in [-0.2, -0.15) is 0 Å². The van der Waals surface area contributed by atoms with E-state index in [1.807, 2.05) is 6.92 Å². The second-order valence-corrected chi connectivity index (χ2v) is 19.1. The van der Waals surface area contributed by atoms with E-state index in [1.165, 1.54) is 4.90 Å². The third-order valence-corrected chi connectivity index (χ3v) is 12.8. The van der Waals surface area contributed by atoms with Crippen molar-refractivity contribution in [1.29, 1.82) is 0 Å². The van der Waals surface area contributed by atoms with Gasteiger partial charge in [-0.15, -0.1) is 0 Å². The third-order valence-electron chi connectivity index (χ3n) is 12.8. The molecule has 25 nitrogen and oxygen atoms in total. The number of rotatable bonds is 34. The molecule has 79 heavy (non-hydrogen) atoms. The van der Waals surface area contributed by atoms with Crippen LogP contribution in [0.2, 0.25) is 0 Å². The van der Waals surface area contributed by atoms with Gasteiger partial charge >= 0.3 is 0 Å². The van der Waals surface area contributed by atoms with E-state index in [-0.39, 0.29) is 64.1 Å². The molecule has 18 N–H and O–H groups in total. The Kier molecular flexibility index (Phi) is 26.2. The van der Waals surface area contributed by atoms with Gasteiger partial charge in [0, 0.05) is 32.4 Å². The fourth-order valence-corrected chi connectivity index (χ4v) is 8.78. The molecule has 0 aromatic heterocycles. The summed E-state index contributed by atoms with van der Waals surface area (Å²) in [5.41, 5.74) is 35.1. The molecule has 10 amide bonds. The van der Waals surface area contributed by atoms with Gasteiger partial charge in [0.2, 0.25) is 59.1 Å². The molecule has 1 fully saturated rings. The molecule has 0 bridgehead atoms. The van der Waals surface area contributed by atoms with E-state index >= 15 is 0 Å². The summed E-state index contributed by atoms with van der Waals surface area (Å²) in [6.45, 7) is 2.78. The molecule has 1 saturated heterocycles. The van der Waals surface area contributed by atoms with Crippen LogP contribution in [-0.4, -0.2) is 138 Å². The number of benzene rings is 3. The smallest absolute Gasteiger partial charge is 0.245 e. The fourth-order valence-electron chi connectivity index (χ4n) is 8.78. The maximum atomic E-state index is 14.5. The maximum Gasteiger partial charge on any atom is 0.245 e. The summed E-state index contributed by atoms with van der Waals surface area (Å²) in [5, 5.41) is 15.8. The number of nitrogens with one attached hydrogen (secondary N) is 6. The fraction of sp³-hybridized carbons (Fsp3) is 0.463. The second-order valence-electron chi connectivity index (χ2n) is 19.1. The highest BCUT2D eigenvalue weighted by Gasteiger charge is 2.40. The van der Waals surface area contributed by atoms with E-state index in [4.69, 9.17) is 39.1 Å². The number of primary amides is 3. The zero-order valence-corrected chi connectivity index (χ0v) is 44.5. The number of hydrogen-bond acceptors (Lipinski definition) is 13. The third kappa shape index (κ3) is 22.1. The predicted molar refractivity (Wildman–Crippen MR) is 292 cm³/mol. The number of aliphatic imine (C=N–C) groups is 1. The molecule has 428 valence electrons. The van der Waals surface area contributed by atoms with Gasteiger partial charge in [0.1, 0.15) is 48.0 Å². The van der Waals surface area contributed by atoms with Crippen molar-refractivity contribution in [3.05, 3.63) is 102 Å². The lowest BCUT2D eigenvalue weighted by atomic mass is 10.0. The molecular weight excluding hydrogens is 1020 g/mol. The molecular formula is C54H76N14O11. The summed E-state index contributed by atoms with van der Waals surface area (Å²) in [7, 11) is 0. The lowest BCUT2D eigenvalue weighted by molar-refractivity contribution is -0.142. The lowest BCUT2D eigenvalue weighted by Gasteiger charge is -2.31. The summed E-state index contributed by atoms with van der Waals surface area (Å²) in [6, 6.07) is 14.9. The van der Waals surface area contributed by atoms with Crippen LogP contribution >= 0.6 is 0 Å². The second kappa shape index (κ2) is 32.9. The lowest BCUT2D eigenvalue weighted by Crippen LogP contribution is -2.60. The van der Waals surface area contributed by atoms with Gasteiger partial charge in [-0.3, -0.25) is 52.9 Å². The highest BCUT2D eigenvalue weighted by Crippen LogP contribution is 2.21. The number of nitrogens with zero attached hydrogens (tertiary/aromatic N) is 2. The number of hydrogen-bond donors (Lipinski definition) is 12. The van der Waals surface area contributed by atoms with Gasteiger partial charge in [-0.1, -0.05) is 72.8 Å². The molecule has 0 saturated carbocycles. The zero-order chi connectivity index (χ0) is 57.9. The molecule has 3 aromatic carbocycles. The number of amides is 10. The van der Waals surface area contributed by atoms with E-state index in [1.54, 1.807) is 84.9 Å². The molecule has 7 atom stereocenters. The Labute approximate surface area is 458 Å². The molecule has 4 rings (SSSR count). The van der Waals surface area contributed by atoms with Crippen molar-refractivity contribution in [2.75, 3.05) is 26.2 Å². The van der Waals surface area contributed by atoms with Crippen LogP contribution in [0.5, 0.6) is 5.75 Å². The summed E-state index contributed by atoms with van der Waals surface area (Å²) in [5.74, 6) is -7.82. The van der Waals surface area contributed by atoms with Gasteiger partial charge < -0.3 is 75.9 Å². The molecule has 0 spiro atoms. The molecule has 0 radical (unpaired) electrons. The molecule has 1 heterocycles. The first kappa shape index (κ1) is 62.9. The predicted octanol–water partition coefficient (Wildman–Crippen LogP) is -2.18. The summed E-state index contributed by atoms with van der Waals surface area (Å²) < 4.78 is 5.57. The van der Waals surface area contributed by atoms with Gasteiger partial charge in [0.25, 0.3) is 0 Å². The maximum absolute atomic E-state index is 14.5. The van der Waals surface area contributed by atoms with Crippen LogP contribution in [0.25, 0.3) is 0 Å². The summed E-state index contributed by atoms with van der Waals surface area (Å²) >= 11 is 0. The van der Waals surface area contributed by atoms with E-state index in [0.29, 0.717) is 54.7 Å². The summed E-state index contributed by atoms with van der Waals surface area (Å²) in [6.07, 6.45) is -0.0317. The number of carbonyl (C=O) groups excluding carboxylic acids is 10. The minimum atomic E-state index is -1.75. The first-order valence-corrected chi connectivity index (χ1v) is 26.3. The van der Waals surface area contributed by atoms with Crippen molar-refractivity contribution in [3.8, 4) is 5.75 Å². The number of guanidine groups is 1. The molecule has 1 aliphatic heterocycles. The normalized spacial score (nSPS) is 15.1. The molecule has 25 heteroatoms. The van der Waals surface area contributed by atoms with E-state index in [0.717, 1.165) is 0 Å². The van der Waals surface area contributed by atoms with Gasteiger partial charge in [-0.25, -0.2) is 0 Å². The Bertz CT molecular complexity index is 2570. The van der Waals surface area contributed by atoms with Gasteiger partial charge in [0.15, 0.2) is 5.96 Å². The average molecular weight is 1100 g/mol. The quantitative estimate of drug-likeness (QED) is 0.0172. The van der Waals surface area contributed by atoms with Crippen molar-refractivity contribution in [1.82, 2.24) is 36.8 Å².